The minimum Gasteiger partial charge on any atom is -0.327 e. The van der Waals surface area contributed by atoms with Crippen molar-refractivity contribution in [2.75, 3.05) is 0 Å². The predicted octanol–water partition coefficient (Wildman–Crippen LogP) is 4.13. The van der Waals surface area contributed by atoms with Gasteiger partial charge in [0.15, 0.2) is 0 Å². The van der Waals surface area contributed by atoms with Gasteiger partial charge in [0.2, 0.25) is 0 Å². The summed E-state index contributed by atoms with van der Waals surface area (Å²) in [7, 11) is -0.918. The number of nitrogens with two attached hydrogens (primary N) is 1. The number of benzene rings is 1. The van der Waals surface area contributed by atoms with Crippen molar-refractivity contribution < 1.29 is 4.21 Å². The van der Waals surface area contributed by atoms with E-state index in [4.69, 9.17) is 17.3 Å². The van der Waals surface area contributed by atoms with Crippen LogP contribution in [0.3, 0.4) is 0 Å². The Kier molecular flexibility index (Phi) is 5.50. The molecule has 4 unspecified atom stereocenters. The van der Waals surface area contributed by atoms with Crippen LogP contribution in [0.25, 0.3) is 0 Å². The molecule has 0 aliphatic heterocycles. The Morgan fingerprint density at radius 2 is 1.86 bits per heavy atom. The van der Waals surface area contributed by atoms with Gasteiger partial charge in [-0.05, 0) is 48.3 Å². The fourth-order valence-corrected chi connectivity index (χ4v) is 4.93. The zero-order chi connectivity index (χ0) is 15.6. The maximum atomic E-state index is 12.7. The molecule has 118 valence electrons. The second-order valence-corrected chi connectivity index (χ2v) is 9.32. The summed E-state index contributed by atoms with van der Waals surface area (Å²) in [5.41, 5.74) is 7.59. The molecule has 21 heavy (non-hydrogen) atoms. The molecule has 2 rings (SSSR count). The molecule has 1 fully saturated rings. The van der Waals surface area contributed by atoms with Gasteiger partial charge < -0.3 is 5.73 Å². The molecule has 0 radical (unpaired) electrons. The first-order valence-corrected chi connectivity index (χ1v) is 9.40. The van der Waals surface area contributed by atoms with E-state index in [1.54, 1.807) is 0 Å². The van der Waals surface area contributed by atoms with Crippen molar-refractivity contribution in [3.05, 3.63) is 34.9 Å². The van der Waals surface area contributed by atoms with Gasteiger partial charge in [-0.3, -0.25) is 4.21 Å². The minimum atomic E-state index is -0.918. The van der Waals surface area contributed by atoms with Crippen molar-refractivity contribution in [1.29, 1.82) is 0 Å². The van der Waals surface area contributed by atoms with E-state index < -0.39 is 10.8 Å². The molecule has 0 heterocycles. The summed E-state index contributed by atoms with van der Waals surface area (Å²) >= 11 is 5.89. The molecule has 0 saturated heterocycles. The van der Waals surface area contributed by atoms with E-state index >= 15 is 0 Å². The highest BCUT2D eigenvalue weighted by Crippen LogP contribution is 2.39. The van der Waals surface area contributed by atoms with Gasteiger partial charge in [-0.1, -0.05) is 44.5 Å². The van der Waals surface area contributed by atoms with Gasteiger partial charge in [-0.15, -0.1) is 0 Å². The summed E-state index contributed by atoms with van der Waals surface area (Å²) in [5.74, 6) is 1.18. The summed E-state index contributed by atoms with van der Waals surface area (Å²) in [6.45, 7) is 6.81. The number of hydrogen-bond acceptors (Lipinski definition) is 2. The smallest absolute Gasteiger partial charge is 0.0505 e. The van der Waals surface area contributed by atoms with Crippen molar-refractivity contribution in [3.8, 4) is 0 Å². The SMILES string of the molecule is CC(C)(C)C1CCC(N)C(S(=O)Cc2ccc(Cl)cc2)C1. The molecule has 0 spiro atoms. The maximum absolute atomic E-state index is 12.7. The van der Waals surface area contributed by atoms with Crippen LogP contribution in [0, 0.1) is 11.3 Å². The van der Waals surface area contributed by atoms with E-state index in [-0.39, 0.29) is 16.7 Å². The third-order valence-electron chi connectivity index (χ3n) is 4.63. The van der Waals surface area contributed by atoms with Crippen LogP contribution in [0.15, 0.2) is 24.3 Å². The molecule has 1 aliphatic carbocycles. The Hall–Kier alpha value is -0.380. The van der Waals surface area contributed by atoms with Crippen LogP contribution in [0.5, 0.6) is 0 Å². The molecule has 1 aromatic carbocycles. The first kappa shape index (κ1) is 17.0. The van der Waals surface area contributed by atoms with Gasteiger partial charge in [0, 0.05) is 27.6 Å². The molecule has 1 aliphatic rings. The zero-order valence-corrected chi connectivity index (χ0v) is 14.7. The molecule has 0 bridgehead atoms. The molecule has 2 N–H and O–H groups in total. The number of halogens is 1. The Labute approximate surface area is 135 Å². The van der Waals surface area contributed by atoms with Crippen molar-refractivity contribution in [2.24, 2.45) is 17.1 Å². The normalized spacial score (nSPS) is 28.3. The number of hydrogen-bond donors (Lipinski definition) is 1. The highest BCUT2D eigenvalue weighted by Gasteiger charge is 2.37. The van der Waals surface area contributed by atoms with Gasteiger partial charge in [0.25, 0.3) is 0 Å². The van der Waals surface area contributed by atoms with Gasteiger partial charge in [-0.25, -0.2) is 0 Å². The van der Waals surface area contributed by atoms with Gasteiger partial charge in [-0.2, -0.15) is 0 Å². The Morgan fingerprint density at radius 1 is 1.24 bits per heavy atom. The van der Waals surface area contributed by atoms with Crippen LogP contribution in [-0.4, -0.2) is 15.5 Å². The molecule has 2 nitrogen and oxygen atoms in total. The summed E-state index contributed by atoms with van der Waals surface area (Å²) in [4.78, 5) is 0. The summed E-state index contributed by atoms with van der Waals surface area (Å²) in [6.07, 6.45) is 3.11. The van der Waals surface area contributed by atoms with Crippen molar-refractivity contribution in [1.82, 2.24) is 0 Å². The van der Waals surface area contributed by atoms with E-state index in [0.717, 1.165) is 24.8 Å². The molecular weight excluding hydrogens is 302 g/mol. The lowest BCUT2D eigenvalue weighted by atomic mass is 9.71. The lowest BCUT2D eigenvalue weighted by Gasteiger charge is -2.40. The lowest BCUT2D eigenvalue weighted by Crippen LogP contribution is -2.45. The Bertz CT molecular complexity index is 495. The second-order valence-electron chi connectivity index (χ2n) is 7.23. The van der Waals surface area contributed by atoms with Crippen LogP contribution in [0.1, 0.15) is 45.6 Å². The predicted molar refractivity (Wildman–Crippen MR) is 91.9 cm³/mol. The van der Waals surface area contributed by atoms with Crippen LogP contribution in [0.2, 0.25) is 5.02 Å². The number of rotatable bonds is 3. The van der Waals surface area contributed by atoms with E-state index in [9.17, 15) is 4.21 Å². The van der Waals surface area contributed by atoms with Crippen LogP contribution >= 0.6 is 11.6 Å². The average Bonchev–Trinajstić information content (AvgIpc) is 2.40. The second kappa shape index (κ2) is 6.80. The van der Waals surface area contributed by atoms with E-state index in [1.807, 2.05) is 24.3 Å². The average molecular weight is 328 g/mol. The molecule has 1 saturated carbocycles. The summed E-state index contributed by atoms with van der Waals surface area (Å²) in [5, 5.41) is 0.824. The topological polar surface area (TPSA) is 43.1 Å². The molecule has 1 aromatic rings. The highest BCUT2D eigenvalue weighted by atomic mass is 35.5. The van der Waals surface area contributed by atoms with Crippen molar-refractivity contribution in [2.45, 2.75) is 57.1 Å². The Morgan fingerprint density at radius 3 is 2.43 bits per heavy atom. The first-order chi connectivity index (χ1) is 9.77. The van der Waals surface area contributed by atoms with E-state index in [1.165, 1.54) is 0 Å². The highest BCUT2D eigenvalue weighted by molar-refractivity contribution is 7.84. The monoisotopic (exact) mass is 327 g/mol. The fourth-order valence-electron chi connectivity index (χ4n) is 3.09. The maximum Gasteiger partial charge on any atom is 0.0505 e. The molecule has 4 atom stereocenters. The molecule has 4 heteroatoms. The third-order valence-corrected chi connectivity index (χ3v) is 6.71. The van der Waals surface area contributed by atoms with Crippen molar-refractivity contribution in [3.63, 3.8) is 0 Å². The van der Waals surface area contributed by atoms with Crippen LogP contribution in [0.4, 0.5) is 0 Å². The lowest BCUT2D eigenvalue weighted by molar-refractivity contribution is 0.173. The standard InChI is InChI=1S/C17H26ClNOS/c1-17(2,3)13-6-9-15(19)16(10-13)21(20)11-12-4-7-14(18)8-5-12/h4-5,7-8,13,15-16H,6,9-11,19H2,1-3H3. The third kappa shape index (κ3) is 4.54. The summed E-state index contributed by atoms with van der Waals surface area (Å²) in [6, 6.07) is 7.68. The van der Waals surface area contributed by atoms with Crippen LogP contribution in [-0.2, 0) is 16.6 Å². The largest absolute Gasteiger partial charge is 0.327 e. The van der Waals surface area contributed by atoms with Crippen LogP contribution < -0.4 is 5.73 Å². The van der Waals surface area contributed by atoms with Gasteiger partial charge in [0.1, 0.15) is 0 Å². The van der Waals surface area contributed by atoms with Crippen molar-refractivity contribution >= 4 is 22.4 Å². The van der Waals surface area contributed by atoms with E-state index in [2.05, 4.69) is 20.8 Å². The molecule has 0 aromatic heterocycles. The van der Waals surface area contributed by atoms with Gasteiger partial charge in [0.05, 0.1) is 5.25 Å². The summed E-state index contributed by atoms with van der Waals surface area (Å²) < 4.78 is 12.7. The molecule has 0 amide bonds. The van der Waals surface area contributed by atoms with Gasteiger partial charge >= 0.3 is 0 Å². The van der Waals surface area contributed by atoms with E-state index in [0.29, 0.717) is 16.7 Å². The fraction of sp³-hybridized carbons (Fsp3) is 0.647. The first-order valence-electron chi connectivity index (χ1n) is 7.64. The zero-order valence-electron chi connectivity index (χ0n) is 13.1. The molecular formula is C17H26ClNOS. The minimum absolute atomic E-state index is 0.0664. The quantitative estimate of drug-likeness (QED) is 0.907. The Balaban J connectivity index is 2.04.